The van der Waals surface area contributed by atoms with Gasteiger partial charge in [-0.1, -0.05) is 28.1 Å². The van der Waals surface area contributed by atoms with Gasteiger partial charge in [-0.25, -0.2) is 0 Å². The number of rotatable bonds is 4. The standard InChI is InChI=1S/C23H16BrF3N4O3S/c24-16-3-2-13(17(7-16)23(25,26)27)11-31-18-4-1-12(5-14(18)8-28-31)6-19-20(32)29-22(35-19)30-9-15(10-30)21(33)34/h1-8,15H,9-11H2,(H,33,34). The second kappa shape index (κ2) is 8.83. The summed E-state index contributed by atoms with van der Waals surface area (Å²) in [6, 6.07) is 9.36. The Balaban J connectivity index is 1.34. The van der Waals surface area contributed by atoms with Gasteiger partial charge >= 0.3 is 12.1 Å². The van der Waals surface area contributed by atoms with Crippen molar-refractivity contribution in [3.8, 4) is 0 Å². The first kappa shape index (κ1) is 23.6. The maximum Gasteiger partial charge on any atom is 0.416 e. The van der Waals surface area contributed by atoms with Crippen LogP contribution in [0.3, 0.4) is 0 Å². The average molecular weight is 565 g/mol. The SMILES string of the molecule is O=C1N=C(N2CC(C(=O)O)C2)SC1=Cc1ccc2c(cnn2Cc2ccc(Br)cc2C(F)(F)F)c1. The van der Waals surface area contributed by atoms with E-state index in [1.54, 1.807) is 41.4 Å². The van der Waals surface area contributed by atoms with Crippen LogP contribution in [0.1, 0.15) is 16.7 Å². The molecule has 0 radical (unpaired) electrons. The molecule has 0 bridgehead atoms. The Hall–Kier alpha value is -3.12. The van der Waals surface area contributed by atoms with E-state index in [4.69, 9.17) is 5.11 Å². The summed E-state index contributed by atoms with van der Waals surface area (Å²) >= 11 is 4.29. The number of aliphatic carboxylic acids is 1. The Kier molecular flexibility index (Phi) is 5.96. The molecule has 12 heteroatoms. The predicted octanol–water partition coefficient (Wildman–Crippen LogP) is 4.85. The number of halogens is 4. The largest absolute Gasteiger partial charge is 0.481 e. The molecule has 0 unspecified atom stereocenters. The first-order chi connectivity index (χ1) is 16.6. The number of carboxylic acid groups (broad SMARTS) is 1. The molecule has 2 aromatic carbocycles. The summed E-state index contributed by atoms with van der Waals surface area (Å²) in [6.45, 7) is 0.591. The summed E-state index contributed by atoms with van der Waals surface area (Å²) < 4.78 is 42.3. The van der Waals surface area contributed by atoms with Crippen molar-refractivity contribution in [1.82, 2.24) is 14.7 Å². The van der Waals surface area contributed by atoms with Gasteiger partial charge in [-0.2, -0.15) is 23.3 Å². The zero-order valence-electron chi connectivity index (χ0n) is 17.8. The number of benzene rings is 2. The highest BCUT2D eigenvalue weighted by molar-refractivity contribution is 9.10. The van der Waals surface area contributed by atoms with Crippen LogP contribution in [0.15, 0.2) is 57.0 Å². The highest BCUT2D eigenvalue weighted by Gasteiger charge is 2.38. The molecule has 2 aliphatic rings. The van der Waals surface area contributed by atoms with Crippen molar-refractivity contribution in [3.05, 3.63) is 68.7 Å². The molecule has 0 aliphatic carbocycles. The molecule has 180 valence electrons. The molecule has 7 nitrogen and oxygen atoms in total. The van der Waals surface area contributed by atoms with Gasteiger partial charge in [0.2, 0.25) is 0 Å². The van der Waals surface area contributed by atoms with Crippen LogP contribution < -0.4 is 0 Å². The molecular weight excluding hydrogens is 549 g/mol. The van der Waals surface area contributed by atoms with Gasteiger partial charge in [0.25, 0.3) is 5.91 Å². The minimum Gasteiger partial charge on any atom is -0.481 e. The summed E-state index contributed by atoms with van der Waals surface area (Å²) in [6.07, 6.45) is -1.23. The molecule has 0 spiro atoms. The van der Waals surface area contributed by atoms with Crippen molar-refractivity contribution in [2.24, 2.45) is 10.9 Å². The lowest BCUT2D eigenvalue weighted by atomic mass is 10.0. The first-order valence-electron chi connectivity index (χ1n) is 10.4. The molecule has 1 aromatic heterocycles. The smallest absolute Gasteiger partial charge is 0.416 e. The van der Waals surface area contributed by atoms with Gasteiger partial charge in [0.1, 0.15) is 0 Å². The number of hydrogen-bond donors (Lipinski definition) is 1. The topological polar surface area (TPSA) is 87.8 Å². The minimum absolute atomic E-state index is 0.0508. The Morgan fingerprint density at radius 1 is 1.23 bits per heavy atom. The van der Waals surface area contributed by atoms with Crippen LogP contribution in [0, 0.1) is 5.92 Å². The molecule has 35 heavy (non-hydrogen) atoms. The van der Waals surface area contributed by atoms with Crippen LogP contribution >= 0.6 is 27.7 Å². The lowest BCUT2D eigenvalue weighted by Gasteiger charge is -2.37. The number of carbonyl (C=O) groups excluding carboxylic acids is 1. The zero-order valence-corrected chi connectivity index (χ0v) is 20.2. The molecule has 3 aromatic rings. The quantitative estimate of drug-likeness (QED) is 0.456. The van der Waals surface area contributed by atoms with Crippen LogP contribution in [0.5, 0.6) is 0 Å². The van der Waals surface area contributed by atoms with E-state index in [-0.39, 0.29) is 12.1 Å². The summed E-state index contributed by atoms with van der Waals surface area (Å²) in [5.74, 6) is -1.71. The predicted molar refractivity (Wildman–Crippen MR) is 129 cm³/mol. The number of thioether (sulfide) groups is 1. The number of amides is 1. The van der Waals surface area contributed by atoms with Crippen molar-refractivity contribution in [2.75, 3.05) is 13.1 Å². The van der Waals surface area contributed by atoms with Crippen LogP contribution in [0.25, 0.3) is 17.0 Å². The van der Waals surface area contributed by atoms with Gasteiger partial charge in [-0.05, 0) is 53.2 Å². The van der Waals surface area contributed by atoms with Crippen molar-refractivity contribution in [3.63, 3.8) is 0 Å². The number of nitrogens with zero attached hydrogens (tertiary/aromatic N) is 4. The molecule has 1 N–H and O–H groups in total. The first-order valence-corrected chi connectivity index (χ1v) is 12.0. The summed E-state index contributed by atoms with van der Waals surface area (Å²) in [5, 5.41) is 14.5. The van der Waals surface area contributed by atoms with Gasteiger partial charge in [-0.15, -0.1) is 0 Å². The lowest BCUT2D eigenvalue weighted by molar-refractivity contribution is -0.145. The van der Waals surface area contributed by atoms with Gasteiger partial charge in [-0.3, -0.25) is 14.3 Å². The number of amidine groups is 1. The van der Waals surface area contributed by atoms with E-state index >= 15 is 0 Å². The molecule has 1 saturated heterocycles. The molecule has 3 heterocycles. The fourth-order valence-corrected chi connectivity index (χ4v) is 5.20. The third kappa shape index (κ3) is 4.72. The normalized spacial score (nSPS) is 17.8. The van der Waals surface area contributed by atoms with E-state index in [2.05, 4.69) is 26.0 Å². The van der Waals surface area contributed by atoms with Crippen LogP contribution in [-0.2, 0) is 22.3 Å². The number of aliphatic imine (C=N–C) groups is 1. The number of alkyl halides is 3. The number of aromatic nitrogens is 2. The number of carbonyl (C=O) groups is 2. The third-order valence-electron chi connectivity index (χ3n) is 5.77. The van der Waals surface area contributed by atoms with E-state index < -0.39 is 29.5 Å². The maximum atomic E-state index is 13.5. The minimum atomic E-state index is -4.49. The second-order valence-corrected chi connectivity index (χ2v) is 10.1. The van der Waals surface area contributed by atoms with E-state index in [9.17, 15) is 22.8 Å². The van der Waals surface area contributed by atoms with Crippen molar-refractivity contribution < 1.29 is 27.9 Å². The Morgan fingerprint density at radius 2 is 2.00 bits per heavy atom. The Bertz CT molecular complexity index is 1430. The van der Waals surface area contributed by atoms with Gasteiger partial charge in [0.05, 0.1) is 34.6 Å². The monoisotopic (exact) mass is 564 g/mol. The van der Waals surface area contributed by atoms with Crippen LogP contribution in [0.2, 0.25) is 0 Å². The Labute approximate surface area is 209 Å². The zero-order chi connectivity index (χ0) is 24.9. The average Bonchev–Trinajstić information content (AvgIpc) is 3.30. The number of carboxylic acids is 1. The fourth-order valence-electron chi connectivity index (χ4n) is 3.91. The summed E-state index contributed by atoms with van der Waals surface area (Å²) in [4.78, 5) is 29.5. The lowest BCUT2D eigenvalue weighted by Crippen LogP contribution is -2.51. The van der Waals surface area contributed by atoms with E-state index in [0.29, 0.717) is 38.5 Å². The summed E-state index contributed by atoms with van der Waals surface area (Å²) in [7, 11) is 0. The highest BCUT2D eigenvalue weighted by Crippen LogP contribution is 2.35. The number of hydrogen-bond acceptors (Lipinski definition) is 5. The third-order valence-corrected chi connectivity index (χ3v) is 7.31. The number of likely N-dealkylation sites (tertiary alicyclic amines) is 1. The molecule has 1 amide bonds. The van der Waals surface area contributed by atoms with E-state index in [1.165, 1.54) is 22.5 Å². The number of fused-ring (bicyclic) bond motifs is 1. The molecule has 5 rings (SSSR count). The highest BCUT2D eigenvalue weighted by atomic mass is 79.9. The summed E-state index contributed by atoms with van der Waals surface area (Å²) in [5.41, 5.74) is 0.758. The molecule has 0 saturated carbocycles. The maximum absolute atomic E-state index is 13.5. The van der Waals surface area contributed by atoms with Crippen LogP contribution in [-0.4, -0.2) is 49.9 Å². The fraction of sp³-hybridized carbons (Fsp3) is 0.217. The molecular formula is C23H16BrF3N4O3S. The van der Waals surface area contributed by atoms with Crippen molar-refractivity contribution >= 4 is 61.7 Å². The van der Waals surface area contributed by atoms with E-state index in [0.717, 1.165) is 11.6 Å². The van der Waals surface area contributed by atoms with Gasteiger partial charge in [0, 0.05) is 22.9 Å². The van der Waals surface area contributed by atoms with Crippen LogP contribution in [0.4, 0.5) is 13.2 Å². The van der Waals surface area contributed by atoms with Crippen molar-refractivity contribution in [2.45, 2.75) is 12.7 Å². The molecule has 2 aliphatic heterocycles. The van der Waals surface area contributed by atoms with Gasteiger partial charge < -0.3 is 10.0 Å². The van der Waals surface area contributed by atoms with Gasteiger partial charge in [0.15, 0.2) is 5.17 Å². The Morgan fingerprint density at radius 3 is 2.71 bits per heavy atom. The molecule has 1 fully saturated rings. The van der Waals surface area contributed by atoms with E-state index in [1.807, 2.05) is 0 Å². The van der Waals surface area contributed by atoms with Crippen molar-refractivity contribution in [1.29, 1.82) is 0 Å². The molecule has 0 atom stereocenters. The second-order valence-electron chi connectivity index (χ2n) is 8.17.